The van der Waals surface area contributed by atoms with Gasteiger partial charge in [-0.2, -0.15) is 18.4 Å². The SMILES string of the molecule is CC(=NNS(=O)(=O)c1ccc(C)cc1)c1c[nH]c(=O)[nH]c1=O. The Morgan fingerprint density at radius 2 is 1.82 bits per heavy atom. The lowest BCUT2D eigenvalue weighted by Crippen LogP contribution is -2.28. The van der Waals surface area contributed by atoms with Gasteiger partial charge in [-0.1, -0.05) is 17.7 Å². The molecule has 8 nitrogen and oxygen atoms in total. The highest BCUT2D eigenvalue weighted by molar-refractivity contribution is 7.89. The Kier molecular flexibility index (Phi) is 4.27. The minimum absolute atomic E-state index is 0.0602. The molecule has 0 aliphatic heterocycles. The fourth-order valence-corrected chi connectivity index (χ4v) is 2.49. The zero-order chi connectivity index (χ0) is 16.3. The summed E-state index contributed by atoms with van der Waals surface area (Å²) in [6.45, 7) is 3.29. The molecule has 2 aromatic rings. The first kappa shape index (κ1) is 15.7. The van der Waals surface area contributed by atoms with E-state index in [1.54, 1.807) is 12.1 Å². The largest absolute Gasteiger partial charge is 0.325 e. The lowest BCUT2D eigenvalue weighted by Gasteiger charge is -2.05. The van der Waals surface area contributed by atoms with Crippen LogP contribution in [0.1, 0.15) is 18.1 Å². The van der Waals surface area contributed by atoms with Gasteiger partial charge in [0.1, 0.15) is 0 Å². The Morgan fingerprint density at radius 3 is 2.41 bits per heavy atom. The van der Waals surface area contributed by atoms with Gasteiger partial charge in [0, 0.05) is 6.20 Å². The van der Waals surface area contributed by atoms with Crippen LogP contribution in [0.15, 0.2) is 50.0 Å². The molecule has 0 radical (unpaired) electrons. The van der Waals surface area contributed by atoms with E-state index in [4.69, 9.17) is 0 Å². The summed E-state index contributed by atoms with van der Waals surface area (Å²) in [4.78, 5) is 28.9. The molecule has 0 saturated carbocycles. The number of aryl methyl sites for hydroxylation is 1. The second-order valence-electron chi connectivity index (χ2n) is 4.59. The molecule has 1 aromatic carbocycles. The van der Waals surface area contributed by atoms with Crippen molar-refractivity contribution in [3.8, 4) is 0 Å². The van der Waals surface area contributed by atoms with Crippen LogP contribution in [0.2, 0.25) is 0 Å². The second kappa shape index (κ2) is 5.98. The number of nitrogens with one attached hydrogen (secondary N) is 3. The number of rotatable bonds is 4. The average molecular weight is 322 g/mol. The predicted molar refractivity (Wildman–Crippen MR) is 81.4 cm³/mol. The summed E-state index contributed by atoms with van der Waals surface area (Å²) < 4.78 is 24.1. The maximum Gasteiger partial charge on any atom is 0.325 e. The number of hydrogen-bond acceptors (Lipinski definition) is 5. The third-order valence-corrected chi connectivity index (χ3v) is 4.10. The van der Waals surface area contributed by atoms with Crippen LogP contribution in [0.3, 0.4) is 0 Å². The maximum absolute atomic E-state index is 12.1. The van der Waals surface area contributed by atoms with Gasteiger partial charge >= 0.3 is 5.69 Å². The predicted octanol–water partition coefficient (Wildman–Crippen LogP) is 0.0741. The summed E-state index contributed by atoms with van der Waals surface area (Å²) in [5.41, 5.74) is -0.195. The normalized spacial score (nSPS) is 12.2. The summed E-state index contributed by atoms with van der Waals surface area (Å²) >= 11 is 0. The number of aromatic amines is 2. The smallest absolute Gasteiger partial charge is 0.313 e. The van der Waals surface area contributed by atoms with E-state index >= 15 is 0 Å². The number of nitrogens with zero attached hydrogens (tertiary/aromatic N) is 1. The highest BCUT2D eigenvalue weighted by atomic mass is 32.2. The van der Waals surface area contributed by atoms with Gasteiger partial charge in [-0.3, -0.25) is 9.78 Å². The number of hydrazone groups is 1. The van der Waals surface area contributed by atoms with Crippen LogP contribution in [-0.4, -0.2) is 24.1 Å². The highest BCUT2D eigenvalue weighted by Crippen LogP contribution is 2.09. The first-order valence-corrected chi connectivity index (χ1v) is 7.73. The topological polar surface area (TPSA) is 124 Å². The number of H-pyrrole nitrogens is 2. The van der Waals surface area contributed by atoms with Crippen molar-refractivity contribution in [2.75, 3.05) is 0 Å². The highest BCUT2D eigenvalue weighted by Gasteiger charge is 2.13. The van der Waals surface area contributed by atoms with Crippen molar-refractivity contribution in [2.24, 2.45) is 5.10 Å². The Balaban J connectivity index is 2.28. The lowest BCUT2D eigenvalue weighted by molar-refractivity contribution is 0.584. The minimum Gasteiger partial charge on any atom is -0.313 e. The molecule has 0 atom stereocenters. The zero-order valence-corrected chi connectivity index (χ0v) is 12.7. The monoisotopic (exact) mass is 322 g/mol. The molecule has 0 fully saturated rings. The number of aromatic nitrogens is 2. The molecule has 1 heterocycles. The van der Waals surface area contributed by atoms with Gasteiger partial charge in [0.2, 0.25) is 0 Å². The number of benzene rings is 1. The summed E-state index contributed by atoms with van der Waals surface area (Å²) in [7, 11) is -3.82. The van der Waals surface area contributed by atoms with Crippen LogP contribution in [0.25, 0.3) is 0 Å². The second-order valence-corrected chi connectivity index (χ2v) is 6.25. The third kappa shape index (κ3) is 3.50. The summed E-state index contributed by atoms with van der Waals surface area (Å²) in [5, 5.41) is 3.69. The minimum atomic E-state index is -3.82. The molecule has 22 heavy (non-hydrogen) atoms. The fraction of sp³-hybridized carbons (Fsp3) is 0.154. The molecule has 0 amide bonds. The molecule has 3 N–H and O–H groups in total. The van der Waals surface area contributed by atoms with Crippen molar-refractivity contribution in [1.82, 2.24) is 14.8 Å². The standard InChI is InChI=1S/C13H14N4O4S/c1-8-3-5-10(6-4-8)22(20,21)17-16-9(2)11-7-14-13(19)15-12(11)18/h3-7,17H,1-2H3,(H2,14,15,18,19). The Morgan fingerprint density at radius 1 is 1.18 bits per heavy atom. The Hall–Kier alpha value is -2.68. The summed E-state index contributed by atoms with van der Waals surface area (Å²) in [6.07, 6.45) is 1.17. The molecule has 116 valence electrons. The van der Waals surface area contributed by atoms with E-state index in [9.17, 15) is 18.0 Å². The van der Waals surface area contributed by atoms with E-state index in [0.717, 1.165) is 5.56 Å². The van der Waals surface area contributed by atoms with Crippen LogP contribution in [-0.2, 0) is 10.0 Å². The van der Waals surface area contributed by atoms with Crippen molar-refractivity contribution < 1.29 is 8.42 Å². The third-order valence-electron chi connectivity index (χ3n) is 2.87. The van der Waals surface area contributed by atoms with Crippen LogP contribution >= 0.6 is 0 Å². The molecule has 9 heteroatoms. The lowest BCUT2D eigenvalue weighted by atomic mass is 10.2. The number of hydrogen-bond donors (Lipinski definition) is 3. The van der Waals surface area contributed by atoms with Gasteiger partial charge in [-0.15, -0.1) is 0 Å². The van der Waals surface area contributed by atoms with Crippen LogP contribution < -0.4 is 16.1 Å². The molecular weight excluding hydrogens is 308 g/mol. The van der Waals surface area contributed by atoms with E-state index in [2.05, 4.69) is 14.9 Å². The van der Waals surface area contributed by atoms with Crippen molar-refractivity contribution in [3.63, 3.8) is 0 Å². The van der Waals surface area contributed by atoms with Gasteiger partial charge in [0.25, 0.3) is 15.6 Å². The first-order chi connectivity index (χ1) is 10.3. The van der Waals surface area contributed by atoms with Crippen molar-refractivity contribution in [3.05, 3.63) is 62.4 Å². The van der Waals surface area contributed by atoms with E-state index in [0.29, 0.717) is 0 Å². The van der Waals surface area contributed by atoms with E-state index in [1.165, 1.54) is 25.3 Å². The molecule has 1 aromatic heterocycles. The van der Waals surface area contributed by atoms with Gasteiger partial charge in [-0.05, 0) is 26.0 Å². The van der Waals surface area contributed by atoms with Crippen LogP contribution in [0, 0.1) is 6.92 Å². The van der Waals surface area contributed by atoms with Crippen molar-refractivity contribution in [1.29, 1.82) is 0 Å². The van der Waals surface area contributed by atoms with E-state index in [-0.39, 0.29) is 16.2 Å². The fourth-order valence-electron chi connectivity index (χ4n) is 1.64. The molecule has 2 rings (SSSR count). The van der Waals surface area contributed by atoms with Crippen molar-refractivity contribution in [2.45, 2.75) is 18.7 Å². The Bertz CT molecular complexity index is 924. The van der Waals surface area contributed by atoms with Gasteiger partial charge in [-0.25, -0.2) is 4.79 Å². The average Bonchev–Trinajstić information content (AvgIpc) is 2.45. The Labute approximate surface area is 126 Å². The molecule has 0 bridgehead atoms. The number of sulfonamides is 1. The molecule has 0 spiro atoms. The summed E-state index contributed by atoms with van der Waals surface area (Å²) in [6, 6.07) is 6.24. The van der Waals surface area contributed by atoms with Crippen molar-refractivity contribution >= 4 is 15.7 Å². The quantitative estimate of drug-likeness (QED) is 0.544. The summed E-state index contributed by atoms with van der Waals surface area (Å²) in [5.74, 6) is 0. The van der Waals surface area contributed by atoms with Crippen LogP contribution in [0.4, 0.5) is 0 Å². The van der Waals surface area contributed by atoms with Gasteiger partial charge in [0.15, 0.2) is 0 Å². The molecule has 0 saturated heterocycles. The molecule has 0 aliphatic carbocycles. The van der Waals surface area contributed by atoms with Gasteiger partial charge < -0.3 is 4.98 Å². The van der Waals surface area contributed by atoms with E-state index in [1.807, 2.05) is 11.9 Å². The van der Waals surface area contributed by atoms with Gasteiger partial charge in [0.05, 0.1) is 16.2 Å². The first-order valence-electron chi connectivity index (χ1n) is 6.25. The zero-order valence-electron chi connectivity index (χ0n) is 11.9. The van der Waals surface area contributed by atoms with Crippen LogP contribution in [0.5, 0.6) is 0 Å². The maximum atomic E-state index is 12.1. The molecular formula is C13H14N4O4S. The molecule has 0 aliphatic rings. The van der Waals surface area contributed by atoms with E-state index < -0.39 is 21.3 Å². The molecule has 0 unspecified atom stereocenters.